The van der Waals surface area contributed by atoms with Crippen molar-refractivity contribution in [1.29, 1.82) is 0 Å². The van der Waals surface area contributed by atoms with Crippen LogP contribution in [0.1, 0.15) is 18.1 Å². The van der Waals surface area contributed by atoms with Gasteiger partial charge in [0.05, 0.1) is 13.0 Å². The van der Waals surface area contributed by atoms with Crippen LogP contribution in [0.2, 0.25) is 0 Å². The Balaban J connectivity index is 1.82. The zero-order chi connectivity index (χ0) is 22.6. The standard InChI is InChI=1S/C22H27F3N4O2/c1-3-26-22(29(2)15-17-6-10-19(11-7-17)31-21(24)25)28-13-12-27-20(30)14-16-4-8-18(23)9-5-16/h4-11,21H,3,12-15H2,1-2H3,(H,26,28)(H,27,30). The van der Waals surface area contributed by atoms with Crippen LogP contribution >= 0.6 is 0 Å². The SMILES string of the molecule is CCNC(=NCCNC(=O)Cc1ccc(F)cc1)N(C)Cc1ccc(OC(F)F)cc1. The summed E-state index contributed by atoms with van der Waals surface area (Å²) in [5.74, 6) is 0.267. The molecule has 2 rings (SSSR count). The highest BCUT2D eigenvalue weighted by atomic mass is 19.3. The Morgan fingerprint density at radius 3 is 2.32 bits per heavy atom. The van der Waals surface area contributed by atoms with E-state index in [0.29, 0.717) is 32.1 Å². The summed E-state index contributed by atoms with van der Waals surface area (Å²) in [5, 5.41) is 5.97. The minimum Gasteiger partial charge on any atom is -0.435 e. The third-order valence-electron chi connectivity index (χ3n) is 4.24. The Morgan fingerprint density at radius 1 is 1.06 bits per heavy atom. The third kappa shape index (κ3) is 8.98. The van der Waals surface area contributed by atoms with Gasteiger partial charge in [0.15, 0.2) is 5.96 Å². The number of amides is 1. The zero-order valence-electron chi connectivity index (χ0n) is 17.6. The van der Waals surface area contributed by atoms with Gasteiger partial charge in [-0.05, 0) is 42.3 Å². The Labute approximate surface area is 180 Å². The van der Waals surface area contributed by atoms with E-state index in [-0.39, 0.29) is 23.9 Å². The summed E-state index contributed by atoms with van der Waals surface area (Å²) in [5.41, 5.74) is 1.64. The first kappa shape index (κ1) is 24.0. The van der Waals surface area contributed by atoms with E-state index in [2.05, 4.69) is 20.4 Å². The van der Waals surface area contributed by atoms with E-state index in [1.807, 2.05) is 18.9 Å². The largest absolute Gasteiger partial charge is 0.435 e. The lowest BCUT2D eigenvalue weighted by molar-refractivity contribution is -0.120. The second kappa shape index (κ2) is 12.5. The van der Waals surface area contributed by atoms with Crippen LogP contribution < -0.4 is 15.4 Å². The molecule has 168 valence electrons. The molecule has 31 heavy (non-hydrogen) atoms. The first-order chi connectivity index (χ1) is 14.9. The highest BCUT2D eigenvalue weighted by Crippen LogP contribution is 2.15. The Bertz CT molecular complexity index is 843. The number of benzene rings is 2. The molecule has 2 aromatic rings. The molecule has 0 unspecified atom stereocenters. The molecule has 9 heteroatoms. The molecule has 0 saturated heterocycles. The third-order valence-corrected chi connectivity index (χ3v) is 4.24. The van der Waals surface area contributed by atoms with Crippen molar-refractivity contribution in [1.82, 2.24) is 15.5 Å². The number of halogens is 3. The van der Waals surface area contributed by atoms with Crippen molar-refractivity contribution in [2.24, 2.45) is 4.99 Å². The Morgan fingerprint density at radius 2 is 1.71 bits per heavy atom. The second-order valence-electron chi connectivity index (χ2n) is 6.77. The molecular weight excluding hydrogens is 409 g/mol. The van der Waals surface area contributed by atoms with E-state index >= 15 is 0 Å². The number of rotatable bonds is 10. The molecule has 0 saturated carbocycles. The van der Waals surface area contributed by atoms with Crippen LogP contribution in [0.5, 0.6) is 5.75 Å². The first-order valence-corrected chi connectivity index (χ1v) is 9.91. The van der Waals surface area contributed by atoms with Crippen molar-refractivity contribution in [2.75, 3.05) is 26.7 Å². The summed E-state index contributed by atoms with van der Waals surface area (Å²) < 4.78 is 41.8. The number of ether oxygens (including phenoxy) is 1. The van der Waals surface area contributed by atoms with E-state index in [1.165, 1.54) is 24.3 Å². The minimum absolute atomic E-state index is 0.110. The fourth-order valence-electron chi connectivity index (χ4n) is 2.80. The van der Waals surface area contributed by atoms with Crippen LogP contribution in [-0.2, 0) is 17.8 Å². The van der Waals surface area contributed by atoms with Gasteiger partial charge in [0.1, 0.15) is 11.6 Å². The van der Waals surface area contributed by atoms with Gasteiger partial charge in [0.2, 0.25) is 5.91 Å². The van der Waals surface area contributed by atoms with Gasteiger partial charge in [-0.3, -0.25) is 9.79 Å². The number of alkyl halides is 2. The molecule has 6 nitrogen and oxygen atoms in total. The molecule has 0 bridgehead atoms. The van der Waals surface area contributed by atoms with Gasteiger partial charge in [-0.1, -0.05) is 24.3 Å². The maximum Gasteiger partial charge on any atom is 0.387 e. The molecule has 1 amide bonds. The van der Waals surface area contributed by atoms with Crippen molar-refractivity contribution >= 4 is 11.9 Å². The summed E-state index contributed by atoms with van der Waals surface area (Å²) in [6, 6.07) is 12.2. The van der Waals surface area contributed by atoms with E-state index in [9.17, 15) is 18.0 Å². The number of aliphatic imine (C=N–C) groups is 1. The summed E-state index contributed by atoms with van der Waals surface area (Å²) >= 11 is 0. The lowest BCUT2D eigenvalue weighted by Crippen LogP contribution is -2.39. The normalized spacial score (nSPS) is 11.4. The molecule has 0 spiro atoms. The average Bonchev–Trinajstić information content (AvgIpc) is 2.73. The van der Waals surface area contributed by atoms with Crippen LogP contribution in [0.25, 0.3) is 0 Å². The second-order valence-corrected chi connectivity index (χ2v) is 6.77. The fourth-order valence-corrected chi connectivity index (χ4v) is 2.80. The molecule has 0 aromatic heterocycles. The topological polar surface area (TPSA) is 66.0 Å². The Hall–Kier alpha value is -3.23. The maximum absolute atomic E-state index is 12.9. The van der Waals surface area contributed by atoms with Gasteiger partial charge in [-0.25, -0.2) is 4.39 Å². The summed E-state index contributed by atoms with van der Waals surface area (Å²) in [6.07, 6.45) is 0.176. The monoisotopic (exact) mass is 436 g/mol. The van der Waals surface area contributed by atoms with Crippen LogP contribution in [0.4, 0.5) is 13.2 Å². The van der Waals surface area contributed by atoms with Crippen LogP contribution in [0, 0.1) is 5.82 Å². The van der Waals surface area contributed by atoms with E-state index < -0.39 is 6.61 Å². The minimum atomic E-state index is -2.85. The Kier molecular flexibility index (Phi) is 9.67. The summed E-state index contributed by atoms with van der Waals surface area (Å²) in [4.78, 5) is 18.4. The van der Waals surface area contributed by atoms with Gasteiger partial charge in [-0.2, -0.15) is 8.78 Å². The number of nitrogens with zero attached hydrogens (tertiary/aromatic N) is 2. The number of carbonyl (C=O) groups is 1. The number of carbonyl (C=O) groups excluding carboxylic acids is 1. The lowest BCUT2D eigenvalue weighted by atomic mass is 10.1. The van der Waals surface area contributed by atoms with Crippen molar-refractivity contribution in [3.05, 3.63) is 65.5 Å². The number of nitrogens with one attached hydrogen (secondary N) is 2. The number of guanidine groups is 1. The van der Waals surface area contributed by atoms with Crippen molar-refractivity contribution in [3.63, 3.8) is 0 Å². The van der Waals surface area contributed by atoms with Crippen LogP contribution in [0.3, 0.4) is 0 Å². The fraction of sp³-hybridized carbons (Fsp3) is 0.364. The van der Waals surface area contributed by atoms with Gasteiger partial charge in [0, 0.05) is 26.7 Å². The van der Waals surface area contributed by atoms with Crippen LogP contribution in [0.15, 0.2) is 53.5 Å². The number of hydrogen-bond acceptors (Lipinski definition) is 3. The molecular formula is C22H27F3N4O2. The maximum atomic E-state index is 12.9. The predicted molar refractivity (Wildman–Crippen MR) is 114 cm³/mol. The molecule has 0 radical (unpaired) electrons. The quantitative estimate of drug-likeness (QED) is 0.341. The van der Waals surface area contributed by atoms with E-state index in [4.69, 9.17) is 0 Å². The highest BCUT2D eigenvalue weighted by Gasteiger charge is 2.09. The highest BCUT2D eigenvalue weighted by molar-refractivity contribution is 5.80. The zero-order valence-corrected chi connectivity index (χ0v) is 17.6. The molecule has 0 aliphatic rings. The average molecular weight is 436 g/mol. The van der Waals surface area contributed by atoms with Crippen molar-refractivity contribution in [3.8, 4) is 5.75 Å². The smallest absolute Gasteiger partial charge is 0.387 e. The van der Waals surface area contributed by atoms with E-state index in [0.717, 1.165) is 11.1 Å². The van der Waals surface area contributed by atoms with Gasteiger partial charge in [-0.15, -0.1) is 0 Å². The van der Waals surface area contributed by atoms with Crippen LogP contribution in [-0.4, -0.2) is 50.1 Å². The van der Waals surface area contributed by atoms with Gasteiger partial charge >= 0.3 is 6.61 Å². The molecule has 2 N–H and O–H groups in total. The molecule has 2 aromatic carbocycles. The van der Waals surface area contributed by atoms with Gasteiger partial charge < -0.3 is 20.3 Å². The molecule has 0 aliphatic carbocycles. The predicted octanol–water partition coefficient (Wildman–Crippen LogP) is 3.18. The van der Waals surface area contributed by atoms with Crippen molar-refractivity contribution < 1.29 is 22.7 Å². The summed E-state index contributed by atoms with van der Waals surface area (Å²) in [6.45, 7) is 1.02. The number of hydrogen-bond donors (Lipinski definition) is 2. The van der Waals surface area contributed by atoms with Gasteiger partial charge in [0.25, 0.3) is 0 Å². The molecule has 0 aliphatic heterocycles. The molecule has 0 fully saturated rings. The lowest BCUT2D eigenvalue weighted by Gasteiger charge is -2.22. The molecule has 0 atom stereocenters. The molecule has 0 heterocycles. The summed E-state index contributed by atoms with van der Waals surface area (Å²) in [7, 11) is 1.86. The van der Waals surface area contributed by atoms with E-state index in [1.54, 1.807) is 24.3 Å². The van der Waals surface area contributed by atoms with Crippen molar-refractivity contribution in [2.45, 2.75) is 26.5 Å². The first-order valence-electron chi connectivity index (χ1n) is 9.91.